The van der Waals surface area contributed by atoms with Crippen molar-refractivity contribution in [3.63, 3.8) is 0 Å². The summed E-state index contributed by atoms with van der Waals surface area (Å²) in [5.41, 5.74) is 1.84. The summed E-state index contributed by atoms with van der Waals surface area (Å²) >= 11 is 1.56. The first kappa shape index (κ1) is 21.2. The quantitative estimate of drug-likeness (QED) is 0.594. The van der Waals surface area contributed by atoms with Gasteiger partial charge in [-0.3, -0.25) is 9.59 Å². The van der Waals surface area contributed by atoms with Crippen molar-refractivity contribution in [1.29, 1.82) is 0 Å². The van der Waals surface area contributed by atoms with E-state index in [-0.39, 0.29) is 17.9 Å². The number of hydrogen-bond donors (Lipinski definition) is 1. The number of imidazole rings is 1. The van der Waals surface area contributed by atoms with Gasteiger partial charge in [-0.2, -0.15) is 0 Å². The molecule has 1 fully saturated rings. The van der Waals surface area contributed by atoms with Crippen LogP contribution in [0.3, 0.4) is 0 Å². The Kier molecular flexibility index (Phi) is 6.46. The molecule has 1 aliphatic heterocycles. The second-order valence-corrected chi connectivity index (χ2v) is 8.72. The Balaban J connectivity index is 1.25. The van der Waals surface area contributed by atoms with Crippen LogP contribution < -0.4 is 5.32 Å². The molecule has 2 amide bonds. The SMILES string of the molecule is Cc1ccc(C(=O)N2CCC(NC(=O)c3ccc(CSc4nccn4C)o3)CC2)cc1. The van der Waals surface area contributed by atoms with E-state index in [1.165, 1.54) is 0 Å². The normalized spacial score (nSPS) is 14.6. The Bertz CT molecular complexity index is 1050. The van der Waals surface area contributed by atoms with E-state index in [1.54, 1.807) is 24.0 Å². The molecule has 1 N–H and O–H groups in total. The topological polar surface area (TPSA) is 80.4 Å². The van der Waals surface area contributed by atoms with E-state index >= 15 is 0 Å². The Hall–Kier alpha value is -3.00. The number of carbonyl (C=O) groups excluding carboxylic acids is 2. The number of amides is 2. The van der Waals surface area contributed by atoms with Gasteiger partial charge >= 0.3 is 0 Å². The molecule has 0 saturated carbocycles. The number of nitrogens with zero attached hydrogens (tertiary/aromatic N) is 3. The minimum absolute atomic E-state index is 0.0325. The van der Waals surface area contributed by atoms with Crippen LogP contribution in [0.5, 0.6) is 0 Å². The number of thioether (sulfide) groups is 1. The highest BCUT2D eigenvalue weighted by atomic mass is 32.2. The summed E-state index contributed by atoms with van der Waals surface area (Å²) in [5.74, 6) is 1.49. The maximum atomic E-state index is 12.6. The summed E-state index contributed by atoms with van der Waals surface area (Å²) in [4.78, 5) is 31.3. The standard InChI is InChI=1S/C23H26N4O3S/c1-16-3-5-17(6-4-16)22(29)27-12-9-18(10-13-27)25-21(28)20-8-7-19(30-20)15-31-23-24-11-14-26(23)2/h3-8,11,14,18H,9-10,12-13,15H2,1-2H3,(H,25,28). The van der Waals surface area contributed by atoms with Crippen molar-refractivity contribution in [3.05, 3.63) is 71.4 Å². The molecule has 0 unspecified atom stereocenters. The smallest absolute Gasteiger partial charge is 0.287 e. The molecule has 7 nitrogen and oxygen atoms in total. The van der Waals surface area contributed by atoms with E-state index in [1.807, 2.05) is 60.0 Å². The highest BCUT2D eigenvalue weighted by Gasteiger charge is 2.25. The molecular formula is C23H26N4O3S. The Morgan fingerprint density at radius 2 is 1.90 bits per heavy atom. The average Bonchev–Trinajstić information content (AvgIpc) is 3.42. The fraction of sp³-hybridized carbons (Fsp3) is 0.348. The molecule has 31 heavy (non-hydrogen) atoms. The molecule has 0 atom stereocenters. The first-order valence-corrected chi connectivity index (χ1v) is 11.3. The Morgan fingerprint density at radius 1 is 1.16 bits per heavy atom. The number of furan rings is 1. The maximum Gasteiger partial charge on any atom is 0.287 e. The first-order chi connectivity index (χ1) is 15.0. The summed E-state index contributed by atoms with van der Waals surface area (Å²) < 4.78 is 7.66. The van der Waals surface area contributed by atoms with Gasteiger partial charge in [-0.05, 0) is 44.0 Å². The lowest BCUT2D eigenvalue weighted by Gasteiger charge is -2.32. The summed E-state index contributed by atoms with van der Waals surface area (Å²) in [5, 5.41) is 3.94. The molecule has 1 saturated heterocycles. The fourth-order valence-electron chi connectivity index (χ4n) is 3.57. The second kappa shape index (κ2) is 9.43. The lowest BCUT2D eigenvalue weighted by atomic mass is 10.0. The zero-order valence-electron chi connectivity index (χ0n) is 17.7. The number of benzene rings is 1. The molecule has 8 heteroatoms. The third-order valence-electron chi connectivity index (χ3n) is 5.42. The fourth-order valence-corrected chi connectivity index (χ4v) is 4.39. The molecule has 3 aromatic rings. The van der Waals surface area contributed by atoms with Crippen molar-refractivity contribution >= 4 is 23.6 Å². The number of hydrogen-bond acceptors (Lipinski definition) is 5. The van der Waals surface area contributed by atoms with Crippen LogP contribution in [0.15, 0.2) is 58.4 Å². The third kappa shape index (κ3) is 5.19. The Labute approximate surface area is 185 Å². The molecular weight excluding hydrogens is 412 g/mol. The van der Waals surface area contributed by atoms with Gasteiger partial charge in [0.15, 0.2) is 10.9 Å². The predicted molar refractivity (Wildman–Crippen MR) is 119 cm³/mol. The number of likely N-dealkylation sites (tertiary alicyclic amines) is 1. The van der Waals surface area contributed by atoms with E-state index in [4.69, 9.17) is 4.42 Å². The van der Waals surface area contributed by atoms with Crippen molar-refractivity contribution in [1.82, 2.24) is 19.8 Å². The highest BCUT2D eigenvalue weighted by molar-refractivity contribution is 7.98. The molecule has 162 valence electrons. The third-order valence-corrected chi connectivity index (χ3v) is 6.50. The van der Waals surface area contributed by atoms with Gasteiger partial charge in [0.25, 0.3) is 11.8 Å². The van der Waals surface area contributed by atoms with Gasteiger partial charge in [-0.25, -0.2) is 4.98 Å². The summed E-state index contributed by atoms with van der Waals surface area (Å²) in [6, 6.07) is 11.2. The zero-order valence-corrected chi connectivity index (χ0v) is 18.5. The van der Waals surface area contributed by atoms with Gasteiger partial charge in [0.1, 0.15) is 5.76 Å². The number of aryl methyl sites for hydroxylation is 2. The minimum Gasteiger partial charge on any atom is -0.455 e. The minimum atomic E-state index is -0.212. The first-order valence-electron chi connectivity index (χ1n) is 10.4. The van der Waals surface area contributed by atoms with Gasteiger partial charge in [0, 0.05) is 44.1 Å². The van der Waals surface area contributed by atoms with E-state index < -0.39 is 0 Å². The molecule has 3 heterocycles. The van der Waals surface area contributed by atoms with Crippen LogP contribution in [0.25, 0.3) is 0 Å². The van der Waals surface area contributed by atoms with Crippen molar-refractivity contribution in [2.75, 3.05) is 13.1 Å². The van der Waals surface area contributed by atoms with E-state index in [0.29, 0.717) is 30.2 Å². The van der Waals surface area contributed by atoms with Crippen LogP contribution in [-0.4, -0.2) is 45.4 Å². The molecule has 4 rings (SSSR count). The highest BCUT2D eigenvalue weighted by Crippen LogP contribution is 2.22. The molecule has 0 bridgehead atoms. The van der Waals surface area contributed by atoms with Gasteiger partial charge in [-0.15, -0.1) is 0 Å². The van der Waals surface area contributed by atoms with Crippen LogP contribution >= 0.6 is 11.8 Å². The molecule has 0 radical (unpaired) electrons. The van der Waals surface area contributed by atoms with Crippen molar-refractivity contribution in [2.45, 2.75) is 36.7 Å². The monoisotopic (exact) mass is 438 g/mol. The van der Waals surface area contributed by atoms with Gasteiger partial charge < -0.3 is 19.2 Å². The Morgan fingerprint density at radius 3 is 2.58 bits per heavy atom. The van der Waals surface area contributed by atoms with Crippen LogP contribution in [0.4, 0.5) is 0 Å². The number of rotatable bonds is 6. The maximum absolute atomic E-state index is 12.6. The van der Waals surface area contributed by atoms with Gasteiger partial charge in [0.05, 0.1) is 5.75 Å². The van der Waals surface area contributed by atoms with E-state index in [2.05, 4.69) is 10.3 Å². The van der Waals surface area contributed by atoms with Crippen LogP contribution in [-0.2, 0) is 12.8 Å². The van der Waals surface area contributed by atoms with Crippen LogP contribution in [0.2, 0.25) is 0 Å². The van der Waals surface area contributed by atoms with Crippen molar-refractivity contribution in [2.24, 2.45) is 7.05 Å². The predicted octanol–water partition coefficient (Wildman–Crippen LogP) is 3.65. The molecule has 0 spiro atoms. The van der Waals surface area contributed by atoms with Gasteiger partial charge in [-0.1, -0.05) is 29.5 Å². The van der Waals surface area contributed by atoms with Crippen LogP contribution in [0, 0.1) is 6.92 Å². The molecule has 0 aliphatic carbocycles. The number of nitrogens with one attached hydrogen (secondary N) is 1. The lowest BCUT2D eigenvalue weighted by Crippen LogP contribution is -2.46. The van der Waals surface area contributed by atoms with Crippen LogP contribution in [0.1, 0.15) is 45.1 Å². The van der Waals surface area contributed by atoms with Crippen molar-refractivity contribution < 1.29 is 14.0 Å². The summed E-state index contributed by atoms with van der Waals surface area (Å²) in [6.45, 7) is 3.26. The number of aromatic nitrogens is 2. The van der Waals surface area contributed by atoms with Gasteiger partial charge in [0.2, 0.25) is 0 Å². The summed E-state index contributed by atoms with van der Waals surface area (Å²) in [7, 11) is 1.94. The number of carbonyl (C=O) groups is 2. The zero-order chi connectivity index (χ0) is 21.8. The second-order valence-electron chi connectivity index (χ2n) is 7.78. The molecule has 2 aromatic heterocycles. The van der Waals surface area contributed by atoms with E-state index in [0.717, 1.165) is 29.3 Å². The molecule has 1 aliphatic rings. The summed E-state index contributed by atoms with van der Waals surface area (Å²) in [6.07, 6.45) is 5.10. The average molecular weight is 439 g/mol. The van der Waals surface area contributed by atoms with Crippen molar-refractivity contribution in [3.8, 4) is 0 Å². The lowest BCUT2D eigenvalue weighted by molar-refractivity contribution is 0.0695. The molecule has 1 aromatic carbocycles. The largest absolute Gasteiger partial charge is 0.455 e. The van der Waals surface area contributed by atoms with E-state index in [9.17, 15) is 9.59 Å². The number of piperidine rings is 1.